The third kappa shape index (κ3) is 4.98. The largest absolute Gasteiger partial charge is 0.354 e. The van der Waals surface area contributed by atoms with Gasteiger partial charge in [0.2, 0.25) is 11.8 Å². The monoisotopic (exact) mass is 405 g/mol. The third-order valence-corrected chi connectivity index (χ3v) is 5.39. The van der Waals surface area contributed by atoms with E-state index >= 15 is 0 Å². The highest BCUT2D eigenvalue weighted by atomic mass is 32.2. The van der Waals surface area contributed by atoms with Crippen molar-refractivity contribution in [2.24, 2.45) is 0 Å². The molecule has 1 aromatic rings. The van der Waals surface area contributed by atoms with Crippen LogP contribution in [0.5, 0.6) is 0 Å². The second-order valence-electron chi connectivity index (χ2n) is 6.47. The van der Waals surface area contributed by atoms with Crippen LogP contribution in [0.3, 0.4) is 0 Å². The topological polar surface area (TPSA) is 86.8 Å². The number of carbonyl (C=O) groups excluding carboxylic acids is 4. The molecule has 2 fully saturated rings. The van der Waals surface area contributed by atoms with Crippen molar-refractivity contribution in [2.75, 3.05) is 26.2 Å². The second-order valence-corrected chi connectivity index (χ2v) is 7.46. The predicted octanol–water partition coefficient (Wildman–Crippen LogP) is 1.99. The van der Waals surface area contributed by atoms with E-state index in [2.05, 4.69) is 5.32 Å². The Morgan fingerprint density at radius 1 is 1.18 bits per heavy atom. The molecule has 0 spiro atoms. The van der Waals surface area contributed by atoms with E-state index in [4.69, 9.17) is 0 Å². The Morgan fingerprint density at radius 3 is 2.61 bits per heavy atom. The van der Waals surface area contributed by atoms with Crippen molar-refractivity contribution in [3.05, 3.63) is 40.6 Å². The van der Waals surface area contributed by atoms with Gasteiger partial charge >= 0.3 is 0 Å². The first-order chi connectivity index (χ1) is 13.4. The minimum absolute atomic E-state index is 0.0681. The van der Waals surface area contributed by atoms with Gasteiger partial charge in [0.15, 0.2) is 0 Å². The molecule has 9 heteroatoms. The molecule has 0 atom stereocenters. The highest BCUT2D eigenvalue weighted by Crippen LogP contribution is 2.31. The maximum Gasteiger partial charge on any atom is 0.293 e. The Bertz CT molecular complexity index is 825. The number of hydrogen-bond acceptors (Lipinski definition) is 5. The summed E-state index contributed by atoms with van der Waals surface area (Å²) in [5.74, 6) is -0.974. The minimum atomic E-state index is -0.434. The summed E-state index contributed by atoms with van der Waals surface area (Å²) in [6.45, 7) is 1.28. The van der Waals surface area contributed by atoms with Crippen LogP contribution in [0, 0.1) is 5.82 Å². The first-order valence-corrected chi connectivity index (χ1v) is 9.81. The fraction of sp³-hybridized carbons (Fsp3) is 0.368. The van der Waals surface area contributed by atoms with E-state index < -0.39 is 11.1 Å². The molecule has 1 aromatic carbocycles. The van der Waals surface area contributed by atoms with Crippen LogP contribution in [-0.4, -0.2) is 58.9 Å². The first-order valence-electron chi connectivity index (χ1n) is 8.99. The van der Waals surface area contributed by atoms with Gasteiger partial charge in [0.05, 0.1) is 4.91 Å². The van der Waals surface area contributed by atoms with Gasteiger partial charge in [-0.2, -0.15) is 0 Å². The smallest absolute Gasteiger partial charge is 0.293 e. The molecule has 0 unspecified atom stereocenters. The van der Waals surface area contributed by atoms with E-state index in [9.17, 15) is 23.6 Å². The Morgan fingerprint density at radius 2 is 1.93 bits per heavy atom. The van der Waals surface area contributed by atoms with E-state index in [0.717, 1.165) is 23.1 Å². The normalized spacial score (nSPS) is 18.5. The fourth-order valence-electron chi connectivity index (χ4n) is 2.98. The minimum Gasteiger partial charge on any atom is -0.354 e. The zero-order chi connectivity index (χ0) is 20.1. The number of amides is 4. The number of halogens is 1. The van der Waals surface area contributed by atoms with Crippen molar-refractivity contribution in [1.29, 1.82) is 0 Å². The van der Waals surface area contributed by atoms with Crippen LogP contribution in [0.25, 0.3) is 6.08 Å². The van der Waals surface area contributed by atoms with Crippen molar-refractivity contribution in [3.63, 3.8) is 0 Å². The summed E-state index contributed by atoms with van der Waals surface area (Å²) in [6.07, 6.45) is 3.09. The van der Waals surface area contributed by atoms with Gasteiger partial charge in [-0.1, -0.05) is 12.1 Å². The van der Waals surface area contributed by atoms with Gasteiger partial charge in [0.25, 0.3) is 11.1 Å². The molecule has 28 heavy (non-hydrogen) atoms. The van der Waals surface area contributed by atoms with Crippen LogP contribution in [-0.2, 0) is 14.4 Å². The van der Waals surface area contributed by atoms with Crippen LogP contribution in [0.15, 0.2) is 29.2 Å². The molecule has 4 amide bonds. The molecule has 0 saturated carbocycles. The van der Waals surface area contributed by atoms with Crippen LogP contribution >= 0.6 is 11.8 Å². The Hall–Kier alpha value is -2.68. The number of nitrogens with one attached hydrogen (secondary N) is 1. The van der Waals surface area contributed by atoms with Crippen LogP contribution < -0.4 is 5.32 Å². The lowest BCUT2D eigenvalue weighted by Gasteiger charge is -2.16. The van der Waals surface area contributed by atoms with Crippen molar-refractivity contribution >= 4 is 40.8 Å². The molecular weight excluding hydrogens is 385 g/mol. The molecule has 148 valence electrons. The van der Waals surface area contributed by atoms with Gasteiger partial charge in [0.1, 0.15) is 5.82 Å². The van der Waals surface area contributed by atoms with Crippen molar-refractivity contribution in [2.45, 2.75) is 19.3 Å². The zero-order valence-corrected chi connectivity index (χ0v) is 16.0. The second kappa shape index (κ2) is 9.01. The van der Waals surface area contributed by atoms with Gasteiger partial charge in [-0.3, -0.25) is 24.1 Å². The summed E-state index contributed by atoms with van der Waals surface area (Å²) in [5, 5.41) is 2.26. The lowest BCUT2D eigenvalue weighted by atomic mass is 10.2. The molecule has 0 aliphatic carbocycles. The standard InChI is InChI=1S/C19H20FN3O4S/c20-14-5-3-13(4-6-14)12-15-18(26)23(19(27)28-15)11-8-21-16(24)7-10-22-9-1-2-17(22)25/h3-6,12H,1-2,7-11H2,(H,21,24)/b15-12-. The first kappa shape index (κ1) is 20.1. The maximum absolute atomic E-state index is 13.0. The SMILES string of the molecule is O=C(CCN1CCCC1=O)NCCN1C(=O)S/C(=C\c2ccc(F)cc2)C1=O. The lowest BCUT2D eigenvalue weighted by molar-refractivity contribution is -0.129. The van der Waals surface area contributed by atoms with Crippen molar-refractivity contribution in [1.82, 2.24) is 15.1 Å². The lowest BCUT2D eigenvalue weighted by Crippen LogP contribution is -2.38. The predicted molar refractivity (Wildman–Crippen MR) is 103 cm³/mol. The van der Waals surface area contributed by atoms with E-state index in [0.29, 0.717) is 25.1 Å². The highest BCUT2D eigenvalue weighted by molar-refractivity contribution is 8.18. The van der Waals surface area contributed by atoms with E-state index in [1.807, 2.05) is 0 Å². The Labute approximate surface area is 165 Å². The number of rotatable bonds is 7. The number of nitrogens with zero attached hydrogens (tertiary/aromatic N) is 2. The quantitative estimate of drug-likeness (QED) is 0.701. The summed E-state index contributed by atoms with van der Waals surface area (Å²) < 4.78 is 13.0. The molecule has 3 rings (SSSR count). The van der Waals surface area contributed by atoms with E-state index in [-0.39, 0.29) is 42.0 Å². The molecule has 0 aromatic heterocycles. The molecule has 2 heterocycles. The van der Waals surface area contributed by atoms with E-state index in [1.54, 1.807) is 4.90 Å². The van der Waals surface area contributed by atoms with Gasteiger partial charge in [-0.25, -0.2) is 4.39 Å². The van der Waals surface area contributed by atoms with Gasteiger partial charge in [0, 0.05) is 39.0 Å². The third-order valence-electron chi connectivity index (χ3n) is 4.48. The summed E-state index contributed by atoms with van der Waals surface area (Å²) in [4.78, 5) is 50.8. The summed E-state index contributed by atoms with van der Waals surface area (Å²) in [7, 11) is 0. The number of likely N-dealkylation sites (tertiary alicyclic amines) is 1. The molecule has 2 aliphatic heterocycles. The zero-order valence-electron chi connectivity index (χ0n) is 15.2. The summed E-state index contributed by atoms with van der Waals surface area (Å²) in [5.41, 5.74) is 0.622. The molecule has 1 N–H and O–H groups in total. The molecule has 7 nitrogen and oxygen atoms in total. The Balaban J connectivity index is 1.46. The highest BCUT2D eigenvalue weighted by Gasteiger charge is 2.34. The van der Waals surface area contributed by atoms with Gasteiger partial charge < -0.3 is 10.2 Å². The van der Waals surface area contributed by atoms with Crippen molar-refractivity contribution < 1.29 is 23.6 Å². The maximum atomic E-state index is 13.0. The van der Waals surface area contributed by atoms with Crippen LogP contribution in [0.4, 0.5) is 9.18 Å². The van der Waals surface area contributed by atoms with E-state index in [1.165, 1.54) is 30.3 Å². The Kier molecular flexibility index (Phi) is 6.45. The molecule has 2 saturated heterocycles. The number of carbonyl (C=O) groups is 4. The van der Waals surface area contributed by atoms with Crippen LogP contribution in [0.1, 0.15) is 24.8 Å². The fourth-order valence-corrected chi connectivity index (χ4v) is 3.84. The average molecular weight is 405 g/mol. The summed E-state index contributed by atoms with van der Waals surface area (Å²) in [6, 6.07) is 5.60. The van der Waals surface area contributed by atoms with Gasteiger partial charge in [-0.05, 0) is 42.0 Å². The number of imide groups is 1. The van der Waals surface area contributed by atoms with Crippen LogP contribution in [0.2, 0.25) is 0 Å². The average Bonchev–Trinajstić information content (AvgIpc) is 3.19. The number of hydrogen-bond donors (Lipinski definition) is 1. The van der Waals surface area contributed by atoms with Gasteiger partial charge in [-0.15, -0.1) is 0 Å². The molecular formula is C19H20FN3O4S. The molecule has 0 radical (unpaired) electrons. The molecule has 2 aliphatic rings. The number of thioether (sulfide) groups is 1. The summed E-state index contributed by atoms with van der Waals surface area (Å²) >= 11 is 0.815. The molecule has 0 bridgehead atoms. The van der Waals surface area contributed by atoms with Crippen molar-refractivity contribution in [3.8, 4) is 0 Å². The number of benzene rings is 1.